The minimum atomic E-state index is -0.934. The van der Waals surface area contributed by atoms with Crippen molar-refractivity contribution in [1.29, 1.82) is 0 Å². The van der Waals surface area contributed by atoms with Crippen molar-refractivity contribution in [1.82, 2.24) is 0 Å². The third-order valence-corrected chi connectivity index (χ3v) is 3.48. The zero-order chi connectivity index (χ0) is 15.0. The minimum absolute atomic E-state index is 0.101. The molecular formula is C14H20N2O3S. The van der Waals surface area contributed by atoms with E-state index >= 15 is 0 Å². The van der Waals surface area contributed by atoms with Crippen LogP contribution < -0.4 is 10.6 Å². The number of nitrogens with two attached hydrogens (primary N) is 1. The number of nitrogens with zero attached hydrogens (tertiary/aromatic N) is 1. The molecule has 1 aromatic rings. The Morgan fingerprint density at radius 1 is 1.35 bits per heavy atom. The van der Waals surface area contributed by atoms with E-state index in [4.69, 9.17) is 10.8 Å². The van der Waals surface area contributed by atoms with E-state index in [9.17, 15) is 9.59 Å². The minimum Gasteiger partial charge on any atom is -0.481 e. The van der Waals surface area contributed by atoms with Crippen LogP contribution in [0.1, 0.15) is 12.8 Å². The fourth-order valence-corrected chi connectivity index (χ4v) is 2.24. The summed E-state index contributed by atoms with van der Waals surface area (Å²) in [6.07, 6.45) is 2.43. The molecule has 0 aliphatic heterocycles. The Balaban J connectivity index is 2.81. The SMILES string of the molecule is CSCC[C@H](N)C(=O)N(CCC(=O)O)c1ccccc1. The molecule has 0 aliphatic carbocycles. The van der Waals surface area contributed by atoms with Crippen molar-refractivity contribution in [3.8, 4) is 0 Å². The van der Waals surface area contributed by atoms with Gasteiger partial charge in [-0.1, -0.05) is 18.2 Å². The average Bonchev–Trinajstić information content (AvgIpc) is 2.45. The number of benzene rings is 1. The van der Waals surface area contributed by atoms with E-state index < -0.39 is 12.0 Å². The number of rotatable bonds is 8. The highest BCUT2D eigenvalue weighted by Gasteiger charge is 2.22. The van der Waals surface area contributed by atoms with Crippen molar-refractivity contribution in [3.05, 3.63) is 30.3 Å². The van der Waals surface area contributed by atoms with E-state index in [1.165, 1.54) is 4.90 Å². The van der Waals surface area contributed by atoms with Gasteiger partial charge in [0.1, 0.15) is 0 Å². The first-order valence-electron chi connectivity index (χ1n) is 6.39. The van der Waals surface area contributed by atoms with Gasteiger partial charge in [0, 0.05) is 12.2 Å². The third-order valence-electron chi connectivity index (χ3n) is 2.83. The molecular weight excluding hydrogens is 276 g/mol. The van der Waals surface area contributed by atoms with Crippen LogP contribution in [0.15, 0.2) is 30.3 Å². The predicted octanol–water partition coefficient (Wildman–Crippen LogP) is 1.57. The maximum absolute atomic E-state index is 12.4. The monoisotopic (exact) mass is 296 g/mol. The average molecular weight is 296 g/mol. The first kappa shape index (κ1) is 16.5. The fraction of sp³-hybridized carbons (Fsp3) is 0.429. The molecule has 110 valence electrons. The number of aliphatic carboxylic acids is 1. The summed E-state index contributed by atoms with van der Waals surface area (Å²) in [5, 5.41) is 8.80. The van der Waals surface area contributed by atoms with Crippen molar-refractivity contribution >= 4 is 29.3 Å². The first-order chi connectivity index (χ1) is 9.56. The standard InChI is InChI=1S/C14H20N2O3S/c1-20-10-8-12(15)14(19)16(9-7-13(17)18)11-5-3-2-4-6-11/h2-6,12H,7-10,15H2,1H3,(H,17,18)/t12-/m0/s1. The number of hydrogen-bond acceptors (Lipinski definition) is 4. The van der Waals surface area contributed by atoms with Crippen LogP contribution in [0.3, 0.4) is 0 Å². The molecule has 0 heterocycles. The second kappa shape index (κ2) is 8.60. The summed E-state index contributed by atoms with van der Waals surface area (Å²) in [7, 11) is 0. The van der Waals surface area contributed by atoms with Gasteiger partial charge in [-0.3, -0.25) is 9.59 Å². The van der Waals surface area contributed by atoms with Crippen LogP contribution in [-0.2, 0) is 9.59 Å². The van der Waals surface area contributed by atoms with Gasteiger partial charge in [-0.05, 0) is 30.6 Å². The summed E-state index contributed by atoms with van der Waals surface area (Å²) in [5.41, 5.74) is 6.57. The van der Waals surface area contributed by atoms with Crippen molar-refractivity contribution < 1.29 is 14.7 Å². The third kappa shape index (κ3) is 5.22. The number of carboxylic acid groups (broad SMARTS) is 1. The van der Waals surface area contributed by atoms with Crippen molar-refractivity contribution in [3.63, 3.8) is 0 Å². The van der Waals surface area contributed by atoms with E-state index in [0.29, 0.717) is 12.1 Å². The Morgan fingerprint density at radius 2 is 2.00 bits per heavy atom. The zero-order valence-electron chi connectivity index (χ0n) is 11.5. The van der Waals surface area contributed by atoms with Gasteiger partial charge in [-0.2, -0.15) is 11.8 Å². The lowest BCUT2D eigenvalue weighted by molar-refractivity contribution is -0.136. The van der Waals surface area contributed by atoms with Gasteiger partial charge in [0.05, 0.1) is 12.5 Å². The Bertz CT molecular complexity index is 439. The van der Waals surface area contributed by atoms with Gasteiger partial charge in [-0.25, -0.2) is 0 Å². The summed E-state index contributed by atoms with van der Waals surface area (Å²) >= 11 is 1.63. The van der Waals surface area contributed by atoms with E-state index in [2.05, 4.69) is 0 Å². The van der Waals surface area contributed by atoms with Crippen LogP contribution in [0, 0.1) is 0 Å². The Labute approximate surface area is 123 Å². The normalized spacial score (nSPS) is 11.9. The van der Waals surface area contributed by atoms with E-state index in [1.54, 1.807) is 23.9 Å². The number of carbonyl (C=O) groups excluding carboxylic acids is 1. The molecule has 1 atom stereocenters. The molecule has 0 aromatic heterocycles. The Hall–Kier alpha value is -1.53. The molecule has 0 bridgehead atoms. The molecule has 0 radical (unpaired) electrons. The van der Waals surface area contributed by atoms with E-state index in [-0.39, 0.29) is 18.9 Å². The van der Waals surface area contributed by atoms with Crippen LogP contribution in [0.5, 0.6) is 0 Å². The molecule has 0 saturated carbocycles. The van der Waals surface area contributed by atoms with Crippen LogP contribution in [-0.4, -0.2) is 41.6 Å². The molecule has 6 heteroatoms. The van der Waals surface area contributed by atoms with Crippen molar-refractivity contribution in [2.24, 2.45) is 5.73 Å². The second-order valence-corrected chi connectivity index (χ2v) is 5.34. The van der Waals surface area contributed by atoms with Gasteiger partial charge in [0.15, 0.2) is 0 Å². The second-order valence-electron chi connectivity index (χ2n) is 4.36. The molecule has 3 N–H and O–H groups in total. The molecule has 0 saturated heterocycles. The fourth-order valence-electron chi connectivity index (χ4n) is 1.75. The Kier molecular flexibility index (Phi) is 7.11. The highest BCUT2D eigenvalue weighted by molar-refractivity contribution is 7.98. The molecule has 0 fully saturated rings. The van der Waals surface area contributed by atoms with Crippen molar-refractivity contribution in [2.45, 2.75) is 18.9 Å². The molecule has 1 aromatic carbocycles. The maximum atomic E-state index is 12.4. The molecule has 1 rings (SSSR count). The largest absolute Gasteiger partial charge is 0.481 e. The topological polar surface area (TPSA) is 83.6 Å². The van der Waals surface area contributed by atoms with Crippen LogP contribution in [0.2, 0.25) is 0 Å². The quantitative estimate of drug-likeness (QED) is 0.761. The van der Waals surface area contributed by atoms with Crippen LogP contribution in [0.25, 0.3) is 0 Å². The molecule has 0 unspecified atom stereocenters. The van der Waals surface area contributed by atoms with E-state index in [1.807, 2.05) is 24.5 Å². The summed E-state index contributed by atoms with van der Waals surface area (Å²) in [6.45, 7) is 0.130. The molecule has 0 aliphatic rings. The summed E-state index contributed by atoms with van der Waals surface area (Å²) in [4.78, 5) is 24.5. The first-order valence-corrected chi connectivity index (χ1v) is 7.78. The number of thioether (sulfide) groups is 1. The highest BCUT2D eigenvalue weighted by Crippen LogP contribution is 2.16. The van der Waals surface area contributed by atoms with Gasteiger partial charge >= 0.3 is 5.97 Å². The predicted molar refractivity (Wildman–Crippen MR) is 82.0 cm³/mol. The summed E-state index contributed by atoms with van der Waals surface area (Å²) in [6, 6.07) is 8.42. The number of anilines is 1. The van der Waals surface area contributed by atoms with E-state index in [0.717, 1.165) is 5.75 Å². The number of amides is 1. The number of hydrogen-bond donors (Lipinski definition) is 2. The molecule has 20 heavy (non-hydrogen) atoms. The number of carboxylic acids is 1. The zero-order valence-corrected chi connectivity index (χ0v) is 12.3. The molecule has 5 nitrogen and oxygen atoms in total. The van der Waals surface area contributed by atoms with Crippen LogP contribution in [0.4, 0.5) is 5.69 Å². The summed E-state index contributed by atoms with van der Waals surface area (Å²) in [5.74, 6) is -0.364. The lowest BCUT2D eigenvalue weighted by Gasteiger charge is -2.25. The van der Waals surface area contributed by atoms with Gasteiger partial charge in [-0.15, -0.1) is 0 Å². The lowest BCUT2D eigenvalue weighted by atomic mass is 10.1. The van der Waals surface area contributed by atoms with Gasteiger partial charge in [0.25, 0.3) is 0 Å². The number of carbonyl (C=O) groups is 2. The number of para-hydroxylation sites is 1. The van der Waals surface area contributed by atoms with Crippen LogP contribution >= 0.6 is 11.8 Å². The summed E-state index contributed by atoms with van der Waals surface area (Å²) < 4.78 is 0. The molecule has 0 spiro atoms. The lowest BCUT2D eigenvalue weighted by Crippen LogP contribution is -2.45. The van der Waals surface area contributed by atoms with Gasteiger partial charge < -0.3 is 15.7 Å². The van der Waals surface area contributed by atoms with Crippen molar-refractivity contribution in [2.75, 3.05) is 23.5 Å². The maximum Gasteiger partial charge on any atom is 0.305 e. The highest BCUT2D eigenvalue weighted by atomic mass is 32.2. The van der Waals surface area contributed by atoms with Gasteiger partial charge in [0.2, 0.25) is 5.91 Å². The smallest absolute Gasteiger partial charge is 0.305 e. The molecule has 1 amide bonds. The Morgan fingerprint density at radius 3 is 2.55 bits per heavy atom.